The Balaban J connectivity index is 1.21. The Labute approximate surface area is 202 Å². The average molecular weight is 496 g/mol. The summed E-state index contributed by atoms with van der Waals surface area (Å²) in [5.74, 6) is 0.107. The fourth-order valence-electron chi connectivity index (χ4n) is 4.02. The molecule has 1 aromatic carbocycles. The lowest BCUT2D eigenvalue weighted by atomic mass is 10.2. The molecule has 0 spiro atoms. The van der Waals surface area contributed by atoms with Crippen molar-refractivity contribution in [3.8, 4) is 0 Å². The molecule has 0 radical (unpaired) electrons. The van der Waals surface area contributed by atoms with Crippen LogP contribution in [-0.2, 0) is 17.9 Å². The first-order chi connectivity index (χ1) is 16.9. The molecule has 3 aromatic heterocycles. The second kappa shape index (κ2) is 9.45. The van der Waals surface area contributed by atoms with E-state index in [0.717, 1.165) is 5.56 Å². The number of hydrogen-bond donors (Lipinski definition) is 1. The highest BCUT2D eigenvalue weighted by atomic mass is 32.2. The number of rotatable bonds is 7. The van der Waals surface area contributed by atoms with Crippen molar-refractivity contribution >= 4 is 28.7 Å². The Morgan fingerprint density at radius 3 is 2.77 bits per heavy atom. The fraction of sp³-hybridized carbons (Fsp3) is 0.304. The average Bonchev–Trinajstić information content (AvgIpc) is 3.44. The smallest absolute Gasteiger partial charge is 0.264 e. The molecule has 1 amide bonds. The van der Waals surface area contributed by atoms with E-state index >= 15 is 0 Å². The summed E-state index contributed by atoms with van der Waals surface area (Å²) in [6.45, 7) is 2.61. The Hall–Kier alpha value is -3.80. The highest BCUT2D eigenvalue weighted by molar-refractivity contribution is 7.99. The van der Waals surface area contributed by atoms with E-state index < -0.39 is 0 Å². The van der Waals surface area contributed by atoms with E-state index in [4.69, 9.17) is 0 Å². The van der Waals surface area contributed by atoms with Crippen LogP contribution in [0, 0.1) is 12.7 Å². The molecular weight excluding hydrogens is 473 g/mol. The molecule has 0 saturated carbocycles. The number of aromatic nitrogens is 6. The molecule has 0 aliphatic carbocycles. The fourth-order valence-corrected chi connectivity index (χ4v) is 5.12. The molecule has 1 N–H and O–H groups in total. The summed E-state index contributed by atoms with van der Waals surface area (Å²) in [5.41, 5.74) is 1.39. The zero-order valence-electron chi connectivity index (χ0n) is 18.8. The summed E-state index contributed by atoms with van der Waals surface area (Å²) in [4.78, 5) is 46.4. The lowest BCUT2D eigenvalue weighted by Crippen LogP contribution is -2.33. The number of aryl methyl sites for hydroxylation is 1. The minimum atomic E-state index is -0.337. The maximum absolute atomic E-state index is 13.1. The van der Waals surface area contributed by atoms with Crippen LogP contribution >= 0.6 is 11.8 Å². The summed E-state index contributed by atoms with van der Waals surface area (Å²) in [5, 5.41) is 8.10. The number of amides is 1. The van der Waals surface area contributed by atoms with Crippen LogP contribution < -0.4 is 16.4 Å². The summed E-state index contributed by atoms with van der Waals surface area (Å²) >= 11 is 1.47. The van der Waals surface area contributed by atoms with Crippen molar-refractivity contribution in [2.75, 3.05) is 12.3 Å². The van der Waals surface area contributed by atoms with Crippen molar-refractivity contribution in [3.05, 3.63) is 80.6 Å². The first kappa shape index (κ1) is 23.0. The highest BCUT2D eigenvalue weighted by Gasteiger charge is 2.27. The third-order valence-corrected chi connectivity index (χ3v) is 6.97. The van der Waals surface area contributed by atoms with Gasteiger partial charge in [-0.25, -0.2) is 19.0 Å². The Bertz CT molecular complexity index is 1530. The van der Waals surface area contributed by atoms with Gasteiger partial charge in [0, 0.05) is 30.5 Å². The zero-order valence-corrected chi connectivity index (χ0v) is 19.7. The van der Waals surface area contributed by atoms with Gasteiger partial charge in [0.25, 0.3) is 11.1 Å². The van der Waals surface area contributed by atoms with Crippen LogP contribution in [0.25, 0.3) is 11.0 Å². The Morgan fingerprint density at radius 1 is 1.17 bits per heavy atom. The van der Waals surface area contributed by atoms with Gasteiger partial charge in [-0.1, -0.05) is 23.9 Å². The number of benzene rings is 1. The summed E-state index contributed by atoms with van der Waals surface area (Å²) < 4.78 is 17.7. The molecule has 0 saturated heterocycles. The van der Waals surface area contributed by atoms with Gasteiger partial charge >= 0.3 is 0 Å². The van der Waals surface area contributed by atoms with Crippen LogP contribution in [0.1, 0.15) is 23.6 Å². The molecule has 10 nitrogen and oxygen atoms in total. The first-order valence-corrected chi connectivity index (χ1v) is 12.0. The quantitative estimate of drug-likeness (QED) is 0.386. The molecule has 1 unspecified atom stereocenters. The predicted molar refractivity (Wildman–Crippen MR) is 128 cm³/mol. The van der Waals surface area contributed by atoms with Gasteiger partial charge < -0.3 is 5.32 Å². The molecule has 12 heteroatoms. The predicted octanol–water partition coefficient (Wildman–Crippen LogP) is 1.50. The third-order valence-electron chi connectivity index (χ3n) is 5.86. The number of fused-ring (bicyclic) bond motifs is 2. The van der Waals surface area contributed by atoms with Crippen molar-refractivity contribution < 1.29 is 9.18 Å². The molecule has 0 fully saturated rings. The molecule has 4 heterocycles. The Morgan fingerprint density at radius 2 is 1.97 bits per heavy atom. The normalized spacial score (nSPS) is 14.9. The van der Waals surface area contributed by atoms with Crippen LogP contribution in [0.4, 0.5) is 4.39 Å². The molecule has 1 aliphatic heterocycles. The summed E-state index contributed by atoms with van der Waals surface area (Å²) in [7, 11) is 0. The van der Waals surface area contributed by atoms with E-state index in [2.05, 4.69) is 20.4 Å². The van der Waals surface area contributed by atoms with Gasteiger partial charge in [0.1, 0.15) is 17.5 Å². The topological polar surface area (TPSA) is 117 Å². The Kier molecular flexibility index (Phi) is 6.20. The van der Waals surface area contributed by atoms with Gasteiger partial charge in [0.15, 0.2) is 10.8 Å². The molecule has 5 rings (SSSR count). The van der Waals surface area contributed by atoms with E-state index in [-0.39, 0.29) is 41.9 Å². The number of nitrogens with zero attached hydrogens (tertiary/aromatic N) is 6. The zero-order chi connectivity index (χ0) is 24.5. The first-order valence-electron chi connectivity index (χ1n) is 11.0. The lowest BCUT2D eigenvalue weighted by Gasteiger charge is -2.13. The largest absolute Gasteiger partial charge is 0.354 e. The van der Waals surface area contributed by atoms with Gasteiger partial charge in [0.2, 0.25) is 5.91 Å². The third kappa shape index (κ3) is 4.61. The van der Waals surface area contributed by atoms with Gasteiger partial charge in [-0.2, -0.15) is 5.10 Å². The molecular formula is C23H22FN7O3S. The summed E-state index contributed by atoms with van der Waals surface area (Å²) in [6, 6.07) is 5.70. The molecule has 0 bridgehead atoms. The number of carbonyl (C=O) groups excluding carboxylic acids is 1. The molecule has 1 atom stereocenters. The second-order valence-corrected chi connectivity index (χ2v) is 9.31. The van der Waals surface area contributed by atoms with Gasteiger partial charge in [0.05, 0.1) is 25.3 Å². The second-order valence-electron chi connectivity index (χ2n) is 8.33. The minimum absolute atomic E-state index is 0.114. The molecule has 4 aromatic rings. The molecule has 1 aliphatic rings. The number of halogens is 1. The van der Waals surface area contributed by atoms with Crippen LogP contribution in [0.2, 0.25) is 0 Å². The number of carbonyl (C=O) groups is 1. The van der Waals surface area contributed by atoms with Gasteiger partial charge in [-0.3, -0.25) is 23.5 Å². The van der Waals surface area contributed by atoms with Crippen molar-refractivity contribution in [1.82, 2.24) is 34.2 Å². The maximum Gasteiger partial charge on any atom is 0.264 e. The number of hydrogen-bond acceptors (Lipinski definition) is 7. The van der Waals surface area contributed by atoms with Crippen molar-refractivity contribution in [2.45, 2.75) is 37.6 Å². The number of thioether (sulfide) groups is 1. The van der Waals surface area contributed by atoms with Crippen LogP contribution in [-0.4, -0.2) is 47.1 Å². The highest BCUT2D eigenvalue weighted by Crippen LogP contribution is 2.31. The van der Waals surface area contributed by atoms with Crippen molar-refractivity contribution in [1.29, 1.82) is 0 Å². The SMILES string of the molecule is Cc1cnc2n(c1=O)C(CC(=O)NCCn1ncc3c(=O)n(Cc4ccc(F)cc4)cnc31)CS2. The van der Waals surface area contributed by atoms with Crippen LogP contribution in [0.15, 0.2) is 57.7 Å². The standard InChI is InChI=1S/C23H22FN7O3S/c1-14-9-26-23-31(21(14)33)17(12-35-23)8-19(32)25-6-7-30-20-18(10-28-30)22(34)29(13-27-20)11-15-2-4-16(24)5-3-15/h2-5,9-10,13,17H,6-8,11-12H2,1H3,(H,25,32). The monoisotopic (exact) mass is 495 g/mol. The maximum atomic E-state index is 13.1. The van der Waals surface area contributed by atoms with Crippen molar-refractivity contribution in [2.24, 2.45) is 0 Å². The van der Waals surface area contributed by atoms with Gasteiger partial charge in [-0.15, -0.1) is 0 Å². The molecule has 35 heavy (non-hydrogen) atoms. The van der Waals surface area contributed by atoms with E-state index in [1.54, 1.807) is 34.5 Å². The lowest BCUT2D eigenvalue weighted by molar-refractivity contribution is -0.121. The molecule has 180 valence electrons. The van der Waals surface area contributed by atoms with E-state index in [0.29, 0.717) is 40.6 Å². The van der Waals surface area contributed by atoms with E-state index in [1.165, 1.54) is 41.0 Å². The van der Waals surface area contributed by atoms with Crippen molar-refractivity contribution in [3.63, 3.8) is 0 Å². The minimum Gasteiger partial charge on any atom is -0.354 e. The summed E-state index contributed by atoms with van der Waals surface area (Å²) in [6.07, 6.45) is 4.64. The van der Waals surface area contributed by atoms with E-state index in [1.807, 2.05) is 0 Å². The van der Waals surface area contributed by atoms with Gasteiger partial charge in [-0.05, 0) is 24.6 Å². The van der Waals surface area contributed by atoms with Crippen LogP contribution in [0.3, 0.4) is 0 Å². The van der Waals surface area contributed by atoms with Crippen LogP contribution in [0.5, 0.6) is 0 Å². The number of nitrogens with one attached hydrogen (secondary N) is 1. The van der Waals surface area contributed by atoms with E-state index in [9.17, 15) is 18.8 Å².